The lowest BCUT2D eigenvalue weighted by molar-refractivity contribution is -0.127. The zero-order valence-corrected chi connectivity index (χ0v) is 19.6. The molecule has 0 radical (unpaired) electrons. The number of carboxylic acids is 1. The van der Waals surface area contributed by atoms with Gasteiger partial charge in [-0.05, 0) is 60.6 Å². The number of thioether (sulfide) groups is 1. The van der Waals surface area contributed by atoms with Crippen LogP contribution in [0.1, 0.15) is 21.7 Å². The summed E-state index contributed by atoms with van der Waals surface area (Å²) >= 11 is 0.711. The van der Waals surface area contributed by atoms with Gasteiger partial charge >= 0.3 is 5.97 Å². The number of benzene rings is 2. The first kappa shape index (κ1) is 23.2. The average molecular weight is 506 g/mol. The number of fused-ring (bicyclic) bond motifs is 1. The Bertz CT molecular complexity index is 1460. The van der Waals surface area contributed by atoms with Gasteiger partial charge in [0.2, 0.25) is 12.7 Å². The molecule has 1 saturated heterocycles. The van der Waals surface area contributed by atoms with Crippen LogP contribution in [0, 0.1) is 6.92 Å². The highest BCUT2D eigenvalue weighted by atomic mass is 32.2. The molecule has 2 aromatic carbocycles. The summed E-state index contributed by atoms with van der Waals surface area (Å²) < 4.78 is 16.3. The van der Waals surface area contributed by atoms with E-state index in [1.54, 1.807) is 49.4 Å². The van der Waals surface area contributed by atoms with E-state index < -0.39 is 29.6 Å². The molecule has 0 saturated carbocycles. The van der Waals surface area contributed by atoms with E-state index in [1.165, 1.54) is 12.1 Å². The van der Waals surface area contributed by atoms with Crippen molar-refractivity contribution in [2.45, 2.75) is 6.92 Å². The number of imide groups is 1. The van der Waals surface area contributed by atoms with Gasteiger partial charge in [0.1, 0.15) is 18.1 Å². The fraction of sp³-hybridized carbons (Fsp3) is 0.120. The minimum atomic E-state index is -1.02. The van der Waals surface area contributed by atoms with Crippen LogP contribution in [0.4, 0.5) is 10.5 Å². The second kappa shape index (κ2) is 9.27. The van der Waals surface area contributed by atoms with Crippen molar-refractivity contribution in [3.05, 3.63) is 70.3 Å². The van der Waals surface area contributed by atoms with Crippen LogP contribution in [0.3, 0.4) is 0 Å². The zero-order chi connectivity index (χ0) is 25.4. The predicted octanol–water partition coefficient (Wildman–Crippen LogP) is 4.36. The van der Waals surface area contributed by atoms with E-state index in [0.717, 1.165) is 4.90 Å². The summed E-state index contributed by atoms with van der Waals surface area (Å²) in [6, 6.07) is 12.9. The van der Waals surface area contributed by atoms with E-state index in [-0.39, 0.29) is 17.3 Å². The van der Waals surface area contributed by atoms with Crippen molar-refractivity contribution in [1.82, 2.24) is 4.90 Å². The average Bonchev–Trinajstić information content (AvgIpc) is 3.55. The molecule has 182 valence electrons. The minimum absolute atomic E-state index is 0.101. The maximum atomic E-state index is 12.8. The van der Waals surface area contributed by atoms with Gasteiger partial charge in [-0.25, -0.2) is 4.79 Å². The number of carbonyl (C=O) groups is 4. The lowest BCUT2D eigenvalue weighted by Gasteiger charge is -2.12. The number of furan rings is 1. The molecule has 1 fully saturated rings. The van der Waals surface area contributed by atoms with E-state index >= 15 is 0 Å². The van der Waals surface area contributed by atoms with Crippen LogP contribution >= 0.6 is 11.8 Å². The zero-order valence-electron chi connectivity index (χ0n) is 18.8. The van der Waals surface area contributed by atoms with Crippen molar-refractivity contribution in [1.29, 1.82) is 0 Å². The van der Waals surface area contributed by atoms with Gasteiger partial charge in [0.25, 0.3) is 11.1 Å². The van der Waals surface area contributed by atoms with Crippen LogP contribution in [0.5, 0.6) is 11.5 Å². The molecule has 36 heavy (non-hydrogen) atoms. The third kappa shape index (κ3) is 4.56. The predicted molar refractivity (Wildman–Crippen MR) is 130 cm³/mol. The van der Waals surface area contributed by atoms with Gasteiger partial charge in [0, 0.05) is 23.4 Å². The normalized spacial score (nSPS) is 15.6. The highest BCUT2D eigenvalue weighted by Crippen LogP contribution is 2.35. The highest BCUT2D eigenvalue weighted by molar-refractivity contribution is 8.18. The summed E-state index contributed by atoms with van der Waals surface area (Å²) in [4.78, 5) is 49.8. The molecule has 5 rings (SSSR count). The summed E-state index contributed by atoms with van der Waals surface area (Å²) in [7, 11) is 0. The monoisotopic (exact) mass is 506 g/mol. The maximum Gasteiger partial charge on any atom is 0.335 e. The van der Waals surface area contributed by atoms with Crippen LogP contribution in [0.2, 0.25) is 0 Å². The maximum absolute atomic E-state index is 12.8. The van der Waals surface area contributed by atoms with E-state index in [9.17, 15) is 19.2 Å². The van der Waals surface area contributed by atoms with Crippen LogP contribution < -0.4 is 14.8 Å². The molecule has 0 bridgehead atoms. The molecule has 2 aliphatic rings. The van der Waals surface area contributed by atoms with Crippen molar-refractivity contribution < 1.29 is 38.2 Å². The largest absolute Gasteiger partial charge is 0.478 e. The fourth-order valence-electron chi connectivity index (χ4n) is 3.73. The number of amides is 3. The van der Waals surface area contributed by atoms with E-state index in [1.807, 2.05) is 0 Å². The molecule has 0 atom stereocenters. The summed E-state index contributed by atoms with van der Waals surface area (Å²) in [6.45, 7) is 1.42. The number of nitrogens with zero attached hydrogens (tertiary/aromatic N) is 1. The molecular weight excluding hydrogens is 488 g/mol. The van der Waals surface area contributed by atoms with E-state index in [0.29, 0.717) is 51.6 Å². The first-order valence-corrected chi connectivity index (χ1v) is 11.5. The fourth-order valence-corrected chi connectivity index (χ4v) is 4.55. The summed E-state index contributed by atoms with van der Waals surface area (Å²) in [5, 5.41) is 11.2. The van der Waals surface area contributed by atoms with Crippen LogP contribution in [0.15, 0.2) is 57.9 Å². The minimum Gasteiger partial charge on any atom is -0.478 e. The Balaban J connectivity index is 1.27. The molecule has 2 aliphatic heterocycles. The SMILES string of the molecule is Cc1cc(C(=O)O)ccc1-c1ccc(C=C2SC(=O)N(CC(=O)Nc3ccc4c(c3)OCO4)C2=O)o1. The van der Waals surface area contributed by atoms with Crippen molar-refractivity contribution in [3.8, 4) is 22.8 Å². The number of carboxylic acid groups (broad SMARTS) is 1. The molecular formula is C25H18N2O8S. The molecule has 0 unspecified atom stereocenters. The van der Waals surface area contributed by atoms with Gasteiger partial charge in [-0.15, -0.1) is 0 Å². The van der Waals surface area contributed by atoms with Crippen molar-refractivity contribution >= 4 is 46.5 Å². The molecule has 11 heteroatoms. The first-order chi connectivity index (χ1) is 17.3. The number of aryl methyl sites for hydroxylation is 1. The number of ether oxygens (including phenoxy) is 2. The van der Waals surface area contributed by atoms with Gasteiger partial charge in [0.15, 0.2) is 11.5 Å². The van der Waals surface area contributed by atoms with Crippen molar-refractivity contribution in [2.75, 3.05) is 18.7 Å². The molecule has 3 heterocycles. The summed E-state index contributed by atoms with van der Waals surface area (Å²) in [5.41, 5.74) is 2.03. The Morgan fingerprint density at radius 1 is 1.08 bits per heavy atom. The summed E-state index contributed by atoms with van der Waals surface area (Å²) in [6.07, 6.45) is 1.44. The molecule has 1 aromatic heterocycles. The number of hydrogen-bond donors (Lipinski definition) is 2. The van der Waals surface area contributed by atoms with Gasteiger partial charge < -0.3 is 24.3 Å². The van der Waals surface area contributed by atoms with E-state index in [4.69, 9.17) is 19.0 Å². The second-order valence-corrected chi connectivity index (χ2v) is 8.91. The Morgan fingerprint density at radius 3 is 2.67 bits per heavy atom. The first-order valence-electron chi connectivity index (χ1n) is 10.7. The standard InChI is InChI=1S/C25H18N2O8S/c1-13-8-14(24(30)31)2-5-17(13)18-7-4-16(35-18)10-21-23(29)27(25(32)36-21)11-22(28)26-15-3-6-19-20(9-15)34-12-33-19/h2-10H,11-12H2,1H3,(H,26,28)(H,30,31). The quantitative estimate of drug-likeness (QED) is 0.468. The molecule has 10 nitrogen and oxygen atoms in total. The highest BCUT2D eigenvalue weighted by Gasteiger charge is 2.36. The Labute approximate surface area is 208 Å². The number of rotatable bonds is 6. The molecule has 0 aliphatic carbocycles. The molecule has 3 amide bonds. The Kier molecular flexibility index (Phi) is 5.98. The number of aromatic carboxylic acids is 1. The number of hydrogen-bond acceptors (Lipinski definition) is 8. The van der Waals surface area contributed by atoms with Crippen LogP contribution in [-0.2, 0) is 9.59 Å². The molecule has 3 aromatic rings. The van der Waals surface area contributed by atoms with Crippen LogP contribution in [-0.4, -0.2) is 46.4 Å². The lowest BCUT2D eigenvalue weighted by atomic mass is 10.0. The summed E-state index contributed by atoms with van der Waals surface area (Å²) in [5.74, 6) is -0.292. The van der Waals surface area contributed by atoms with Gasteiger partial charge in [-0.2, -0.15) is 0 Å². The number of anilines is 1. The smallest absolute Gasteiger partial charge is 0.335 e. The Hall–Kier alpha value is -4.51. The van der Waals surface area contributed by atoms with E-state index in [2.05, 4.69) is 5.32 Å². The topological polar surface area (TPSA) is 135 Å². The second-order valence-electron chi connectivity index (χ2n) is 7.92. The van der Waals surface area contributed by atoms with Crippen molar-refractivity contribution in [3.63, 3.8) is 0 Å². The van der Waals surface area contributed by atoms with Crippen LogP contribution in [0.25, 0.3) is 17.4 Å². The van der Waals surface area contributed by atoms with Crippen molar-refractivity contribution in [2.24, 2.45) is 0 Å². The third-order valence-electron chi connectivity index (χ3n) is 5.47. The number of carbonyl (C=O) groups excluding carboxylic acids is 3. The third-order valence-corrected chi connectivity index (χ3v) is 6.38. The molecule has 2 N–H and O–H groups in total. The molecule has 0 spiro atoms. The van der Waals surface area contributed by atoms with Gasteiger partial charge in [0.05, 0.1) is 10.5 Å². The lowest BCUT2D eigenvalue weighted by Crippen LogP contribution is -2.36. The number of nitrogens with one attached hydrogen (secondary N) is 1. The Morgan fingerprint density at radius 2 is 1.89 bits per heavy atom. The van der Waals surface area contributed by atoms with Gasteiger partial charge in [-0.3, -0.25) is 19.3 Å². The van der Waals surface area contributed by atoms with Gasteiger partial charge in [-0.1, -0.05) is 6.07 Å².